The lowest BCUT2D eigenvalue weighted by Gasteiger charge is -2.20. The van der Waals surface area contributed by atoms with Gasteiger partial charge in [-0.25, -0.2) is 4.98 Å². The molecule has 0 saturated carbocycles. The smallest absolute Gasteiger partial charge is 0.254 e. The summed E-state index contributed by atoms with van der Waals surface area (Å²) in [5.41, 5.74) is 5.25. The van der Waals surface area contributed by atoms with Crippen LogP contribution in [-0.2, 0) is 0 Å². The average molecular weight is 235 g/mol. The largest absolute Gasteiger partial charge is 0.388 e. The van der Waals surface area contributed by atoms with E-state index in [2.05, 4.69) is 4.98 Å². The quantitative estimate of drug-likeness (QED) is 0.743. The van der Waals surface area contributed by atoms with E-state index < -0.39 is 5.60 Å². The topological polar surface area (TPSA) is 79.5 Å². The Balaban J connectivity index is 2.18. The normalized spacial score (nSPS) is 28.4. The van der Waals surface area contributed by atoms with Crippen LogP contribution in [-0.4, -0.2) is 39.6 Å². The Morgan fingerprint density at radius 3 is 2.94 bits per heavy atom. The van der Waals surface area contributed by atoms with Crippen molar-refractivity contribution in [2.45, 2.75) is 19.4 Å². The standard InChI is InChI=1S/C12H17N3O2/c1-8-6-15(7-12(8,2)17)11(16)9-3-4-14-10(13)5-9/h3-5,8,17H,6-7H2,1-2H3,(H2,13,14)/t8-,12+/m1/s1. The van der Waals surface area contributed by atoms with Gasteiger partial charge in [0.15, 0.2) is 0 Å². The first-order valence-electron chi connectivity index (χ1n) is 5.63. The van der Waals surface area contributed by atoms with Crippen LogP contribution in [0.3, 0.4) is 0 Å². The summed E-state index contributed by atoms with van der Waals surface area (Å²) in [7, 11) is 0. The van der Waals surface area contributed by atoms with E-state index in [4.69, 9.17) is 5.73 Å². The first-order chi connectivity index (χ1) is 7.90. The summed E-state index contributed by atoms with van der Waals surface area (Å²) in [6, 6.07) is 3.19. The molecule has 0 bridgehead atoms. The van der Waals surface area contributed by atoms with E-state index in [-0.39, 0.29) is 11.8 Å². The predicted octanol–water partition coefficient (Wildman–Crippen LogP) is 0.507. The number of amides is 1. The molecule has 1 aliphatic rings. The molecule has 0 aromatic carbocycles. The third-order valence-electron chi connectivity index (χ3n) is 3.38. The van der Waals surface area contributed by atoms with E-state index in [0.29, 0.717) is 24.5 Å². The molecule has 1 aromatic heterocycles. The number of anilines is 1. The van der Waals surface area contributed by atoms with E-state index in [0.717, 1.165) is 0 Å². The number of aromatic nitrogens is 1. The molecule has 17 heavy (non-hydrogen) atoms. The Morgan fingerprint density at radius 2 is 2.41 bits per heavy atom. The fourth-order valence-electron chi connectivity index (χ4n) is 2.05. The maximum absolute atomic E-state index is 12.2. The van der Waals surface area contributed by atoms with Crippen LogP contribution >= 0.6 is 0 Å². The van der Waals surface area contributed by atoms with Crippen molar-refractivity contribution in [3.63, 3.8) is 0 Å². The van der Waals surface area contributed by atoms with Crippen LogP contribution in [0.5, 0.6) is 0 Å². The van der Waals surface area contributed by atoms with E-state index in [9.17, 15) is 9.90 Å². The number of rotatable bonds is 1. The highest BCUT2D eigenvalue weighted by molar-refractivity contribution is 5.95. The average Bonchev–Trinajstić information content (AvgIpc) is 2.52. The van der Waals surface area contributed by atoms with Crippen LogP contribution in [0.25, 0.3) is 0 Å². The van der Waals surface area contributed by atoms with Gasteiger partial charge >= 0.3 is 0 Å². The SMILES string of the molecule is C[C@@H]1CN(C(=O)c2ccnc(N)c2)C[C@]1(C)O. The third kappa shape index (κ3) is 2.24. The number of pyridine rings is 1. The molecule has 0 spiro atoms. The number of hydrogen-bond donors (Lipinski definition) is 2. The summed E-state index contributed by atoms with van der Waals surface area (Å²) >= 11 is 0. The maximum atomic E-state index is 12.2. The van der Waals surface area contributed by atoms with E-state index >= 15 is 0 Å². The number of hydrogen-bond acceptors (Lipinski definition) is 4. The van der Waals surface area contributed by atoms with E-state index in [1.165, 1.54) is 6.20 Å². The van der Waals surface area contributed by atoms with Crippen molar-refractivity contribution in [1.82, 2.24) is 9.88 Å². The second kappa shape index (κ2) is 4.00. The highest BCUT2D eigenvalue weighted by atomic mass is 16.3. The van der Waals surface area contributed by atoms with Gasteiger partial charge in [-0.05, 0) is 19.1 Å². The van der Waals surface area contributed by atoms with Crippen LogP contribution in [0, 0.1) is 5.92 Å². The lowest BCUT2D eigenvalue weighted by molar-refractivity contribution is 0.0351. The Labute approximate surface area is 100 Å². The number of likely N-dealkylation sites (tertiary alicyclic amines) is 1. The number of β-amino-alcohol motifs (C(OH)–C–C–N with tert-alkyl or cyclic N) is 1. The second-order valence-electron chi connectivity index (χ2n) is 4.91. The van der Waals surface area contributed by atoms with Crippen molar-refractivity contribution in [3.05, 3.63) is 23.9 Å². The van der Waals surface area contributed by atoms with Crippen molar-refractivity contribution >= 4 is 11.7 Å². The summed E-state index contributed by atoms with van der Waals surface area (Å²) in [6.45, 7) is 4.61. The van der Waals surface area contributed by atoms with Gasteiger partial charge in [0, 0.05) is 30.8 Å². The van der Waals surface area contributed by atoms with Crippen molar-refractivity contribution in [3.8, 4) is 0 Å². The van der Waals surface area contributed by atoms with Crippen molar-refractivity contribution in [2.24, 2.45) is 5.92 Å². The highest BCUT2D eigenvalue weighted by Crippen LogP contribution is 2.27. The molecular formula is C12H17N3O2. The molecule has 5 heteroatoms. The number of nitrogens with two attached hydrogens (primary N) is 1. The maximum Gasteiger partial charge on any atom is 0.254 e. The number of carbonyl (C=O) groups excluding carboxylic acids is 1. The van der Waals surface area contributed by atoms with Gasteiger partial charge < -0.3 is 15.7 Å². The molecule has 0 aliphatic carbocycles. The molecule has 1 saturated heterocycles. The Morgan fingerprint density at radius 1 is 1.71 bits per heavy atom. The van der Waals surface area contributed by atoms with Crippen molar-refractivity contribution in [2.75, 3.05) is 18.8 Å². The fraction of sp³-hybridized carbons (Fsp3) is 0.500. The van der Waals surface area contributed by atoms with Crippen LogP contribution in [0.4, 0.5) is 5.82 Å². The molecule has 2 atom stereocenters. The van der Waals surface area contributed by atoms with Gasteiger partial charge in [0.25, 0.3) is 5.91 Å². The predicted molar refractivity (Wildman–Crippen MR) is 64.3 cm³/mol. The molecule has 1 aliphatic heterocycles. The summed E-state index contributed by atoms with van der Waals surface area (Å²) < 4.78 is 0. The fourth-order valence-corrected chi connectivity index (χ4v) is 2.05. The Hall–Kier alpha value is -1.62. The van der Waals surface area contributed by atoms with Gasteiger partial charge in [-0.2, -0.15) is 0 Å². The molecule has 92 valence electrons. The Bertz CT molecular complexity index is 445. The molecule has 2 rings (SSSR count). The minimum Gasteiger partial charge on any atom is -0.388 e. The summed E-state index contributed by atoms with van der Waals surface area (Å²) in [5.74, 6) is 0.296. The number of nitrogen functional groups attached to an aromatic ring is 1. The van der Waals surface area contributed by atoms with Crippen LogP contribution in [0.2, 0.25) is 0 Å². The van der Waals surface area contributed by atoms with Crippen LogP contribution in [0.15, 0.2) is 18.3 Å². The summed E-state index contributed by atoms with van der Waals surface area (Å²) in [4.78, 5) is 17.7. The lowest BCUT2D eigenvalue weighted by Crippen LogP contribution is -2.35. The van der Waals surface area contributed by atoms with Gasteiger partial charge in [-0.3, -0.25) is 4.79 Å². The zero-order valence-corrected chi connectivity index (χ0v) is 10.1. The van der Waals surface area contributed by atoms with Gasteiger partial charge in [0.1, 0.15) is 5.82 Å². The molecule has 0 radical (unpaired) electrons. The molecular weight excluding hydrogens is 218 g/mol. The van der Waals surface area contributed by atoms with Gasteiger partial charge in [0.2, 0.25) is 0 Å². The van der Waals surface area contributed by atoms with Crippen molar-refractivity contribution < 1.29 is 9.90 Å². The number of aliphatic hydroxyl groups is 1. The number of carbonyl (C=O) groups is 1. The zero-order chi connectivity index (χ0) is 12.6. The van der Waals surface area contributed by atoms with Crippen LogP contribution in [0.1, 0.15) is 24.2 Å². The first-order valence-corrected chi connectivity index (χ1v) is 5.63. The van der Waals surface area contributed by atoms with Crippen LogP contribution < -0.4 is 5.73 Å². The van der Waals surface area contributed by atoms with Gasteiger partial charge in [-0.1, -0.05) is 6.92 Å². The molecule has 1 amide bonds. The number of nitrogens with zero attached hydrogens (tertiary/aromatic N) is 2. The minimum atomic E-state index is -0.811. The molecule has 1 aromatic rings. The monoisotopic (exact) mass is 235 g/mol. The highest BCUT2D eigenvalue weighted by Gasteiger charge is 2.40. The lowest BCUT2D eigenvalue weighted by atomic mass is 9.95. The van der Waals surface area contributed by atoms with Gasteiger partial charge in [0.05, 0.1) is 5.60 Å². The summed E-state index contributed by atoms with van der Waals surface area (Å²) in [6.07, 6.45) is 1.51. The molecule has 3 N–H and O–H groups in total. The third-order valence-corrected chi connectivity index (χ3v) is 3.38. The molecule has 1 fully saturated rings. The van der Waals surface area contributed by atoms with Gasteiger partial charge in [-0.15, -0.1) is 0 Å². The zero-order valence-electron chi connectivity index (χ0n) is 10.1. The Kier molecular flexibility index (Phi) is 2.79. The first kappa shape index (κ1) is 11.9. The van der Waals surface area contributed by atoms with Crippen molar-refractivity contribution in [1.29, 1.82) is 0 Å². The van der Waals surface area contributed by atoms with E-state index in [1.807, 2.05) is 6.92 Å². The molecule has 2 heterocycles. The molecule has 5 nitrogen and oxygen atoms in total. The summed E-state index contributed by atoms with van der Waals surface area (Å²) in [5, 5.41) is 10.1. The molecule has 0 unspecified atom stereocenters. The van der Waals surface area contributed by atoms with E-state index in [1.54, 1.807) is 24.0 Å². The second-order valence-corrected chi connectivity index (χ2v) is 4.91. The minimum absolute atomic E-state index is 0.0747.